The highest BCUT2D eigenvalue weighted by molar-refractivity contribution is 5.98. The van der Waals surface area contributed by atoms with Crippen LogP contribution in [0.4, 0.5) is 0 Å². The molecule has 0 bridgehead atoms. The first-order chi connectivity index (χ1) is 11.0. The standard InChI is InChI=1S/C18H22N2O3/c1-4-8-19-17(22)11-15(21)10-16-13(3)23-18(20-16)14-7-5-6-12(2)9-14/h5-7,9H,4,8,10-11H2,1-3H3,(H,19,22). The number of hydrogen-bond acceptors (Lipinski definition) is 4. The van der Waals surface area contributed by atoms with E-state index in [1.165, 1.54) is 0 Å². The number of carbonyl (C=O) groups is 2. The van der Waals surface area contributed by atoms with Crippen LogP contribution in [-0.2, 0) is 16.0 Å². The molecule has 0 radical (unpaired) electrons. The predicted octanol–water partition coefficient (Wildman–Crippen LogP) is 2.99. The van der Waals surface area contributed by atoms with E-state index in [4.69, 9.17) is 4.42 Å². The zero-order chi connectivity index (χ0) is 16.8. The molecule has 0 aliphatic carbocycles. The number of carbonyl (C=O) groups excluding carboxylic acids is 2. The minimum Gasteiger partial charge on any atom is -0.441 e. The molecule has 1 aromatic heterocycles. The minimum absolute atomic E-state index is 0.112. The molecule has 1 amide bonds. The molecule has 0 fully saturated rings. The maximum absolute atomic E-state index is 12.0. The van der Waals surface area contributed by atoms with Gasteiger partial charge in [0, 0.05) is 12.1 Å². The molecule has 122 valence electrons. The molecular formula is C18H22N2O3. The maximum Gasteiger partial charge on any atom is 0.227 e. The molecule has 0 atom stereocenters. The lowest BCUT2D eigenvalue weighted by atomic mass is 10.1. The first-order valence-electron chi connectivity index (χ1n) is 7.81. The Morgan fingerprint density at radius 2 is 2.04 bits per heavy atom. The molecule has 0 saturated heterocycles. The van der Waals surface area contributed by atoms with Gasteiger partial charge in [-0.1, -0.05) is 24.6 Å². The van der Waals surface area contributed by atoms with Crippen molar-refractivity contribution in [3.8, 4) is 11.5 Å². The third-order valence-electron chi connectivity index (χ3n) is 3.45. The Morgan fingerprint density at radius 1 is 1.26 bits per heavy atom. The van der Waals surface area contributed by atoms with Gasteiger partial charge in [0.05, 0.1) is 18.5 Å². The van der Waals surface area contributed by atoms with Gasteiger partial charge in [-0.3, -0.25) is 9.59 Å². The molecule has 0 saturated carbocycles. The summed E-state index contributed by atoms with van der Waals surface area (Å²) in [6, 6.07) is 7.84. The number of rotatable bonds is 7. The molecule has 5 heteroatoms. The van der Waals surface area contributed by atoms with E-state index in [1.807, 2.05) is 38.1 Å². The van der Waals surface area contributed by atoms with Crippen LogP contribution in [0.1, 0.15) is 36.8 Å². The summed E-state index contributed by atoms with van der Waals surface area (Å²) in [7, 11) is 0. The first kappa shape index (κ1) is 16.9. The molecular weight excluding hydrogens is 292 g/mol. The number of oxazole rings is 1. The smallest absolute Gasteiger partial charge is 0.227 e. The molecule has 0 aliphatic heterocycles. The second-order valence-corrected chi connectivity index (χ2v) is 5.63. The molecule has 2 rings (SSSR count). The summed E-state index contributed by atoms with van der Waals surface area (Å²) < 4.78 is 5.66. The van der Waals surface area contributed by atoms with Gasteiger partial charge in [0.2, 0.25) is 11.8 Å². The Balaban J connectivity index is 2.04. The summed E-state index contributed by atoms with van der Waals surface area (Å²) in [4.78, 5) is 28.0. The summed E-state index contributed by atoms with van der Waals surface area (Å²) in [5.41, 5.74) is 2.59. The number of aromatic nitrogens is 1. The van der Waals surface area contributed by atoms with Gasteiger partial charge in [0.25, 0.3) is 0 Å². The third kappa shape index (κ3) is 4.77. The number of Topliss-reactive ketones (excluding diaryl/α,β-unsaturated/α-hetero) is 1. The van der Waals surface area contributed by atoms with Gasteiger partial charge in [-0.2, -0.15) is 0 Å². The zero-order valence-corrected chi connectivity index (χ0v) is 13.8. The maximum atomic E-state index is 12.0. The van der Waals surface area contributed by atoms with Crippen molar-refractivity contribution in [2.24, 2.45) is 0 Å². The molecule has 1 N–H and O–H groups in total. The number of amides is 1. The minimum atomic E-state index is -0.239. The highest BCUT2D eigenvalue weighted by Gasteiger charge is 2.16. The van der Waals surface area contributed by atoms with Crippen LogP contribution in [-0.4, -0.2) is 23.2 Å². The van der Waals surface area contributed by atoms with Gasteiger partial charge < -0.3 is 9.73 Å². The zero-order valence-electron chi connectivity index (χ0n) is 13.8. The monoisotopic (exact) mass is 314 g/mol. The number of ketones is 1. The number of nitrogens with one attached hydrogen (secondary N) is 1. The fourth-order valence-corrected chi connectivity index (χ4v) is 2.25. The molecule has 1 heterocycles. The number of benzene rings is 1. The van der Waals surface area contributed by atoms with Crippen LogP contribution in [0.15, 0.2) is 28.7 Å². The Labute approximate surface area is 136 Å². The normalized spacial score (nSPS) is 10.6. The van der Waals surface area contributed by atoms with Crippen molar-refractivity contribution in [1.29, 1.82) is 0 Å². The van der Waals surface area contributed by atoms with Crippen molar-refractivity contribution in [3.63, 3.8) is 0 Å². The largest absolute Gasteiger partial charge is 0.441 e. The van der Waals surface area contributed by atoms with Gasteiger partial charge in [0.1, 0.15) is 11.5 Å². The lowest BCUT2D eigenvalue weighted by Gasteiger charge is -2.02. The van der Waals surface area contributed by atoms with Gasteiger partial charge in [-0.25, -0.2) is 4.98 Å². The lowest BCUT2D eigenvalue weighted by Crippen LogP contribution is -2.26. The van der Waals surface area contributed by atoms with Crippen LogP contribution in [0.25, 0.3) is 11.5 Å². The average Bonchev–Trinajstić information content (AvgIpc) is 2.86. The van der Waals surface area contributed by atoms with Crippen LogP contribution in [0.2, 0.25) is 0 Å². The summed E-state index contributed by atoms with van der Waals surface area (Å²) in [6.07, 6.45) is 0.842. The van der Waals surface area contributed by atoms with Crippen LogP contribution in [0.5, 0.6) is 0 Å². The van der Waals surface area contributed by atoms with E-state index in [0.29, 0.717) is 23.9 Å². The SMILES string of the molecule is CCCNC(=O)CC(=O)Cc1nc(-c2cccc(C)c2)oc1C. The predicted molar refractivity (Wildman–Crippen MR) is 88.0 cm³/mol. The van der Waals surface area contributed by atoms with Crippen molar-refractivity contribution >= 4 is 11.7 Å². The van der Waals surface area contributed by atoms with Crippen molar-refractivity contribution in [2.45, 2.75) is 40.0 Å². The molecule has 2 aromatic rings. The van der Waals surface area contributed by atoms with Gasteiger partial charge >= 0.3 is 0 Å². The molecule has 5 nitrogen and oxygen atoms in total. The van der Waals surface area contributed by atoms with Crippen LogP contribution < -0.4 is 5.32 Å². The van der Waals surface area contributed by atoms with E-state index in [2.05, 4.69) is 10.3 Å². The Morgan fingerprint density at radius 3 is 2.74 bits per heavy atom. The number of aryl methyl sites for hydroxylation is 2. The van der Waals surface area contributed by atoms with Crippen LogP contribution in [0.3, 0.4) is 0 Å². The molecule has 1 aromatic carbocycles. The van der Waals surface area contributed by atoms with Crippen molar-refractivity contribution in [2.75, 3.05) is 6.54 Å². The van der Waals surface area contributed by atoms with Crippen LogP contribution in [0, 0.1) is 13.8 Å². The lowest BCUT2D eigenvalue weighted by molar-refractivity contribution is -0.127. The quantitative estimate of drug-likeness (QED) is 0.797. The third-order valence-corrected chi connectivity index (χ3v) is 3.45. The van der Waals surface area contributed by atoms with E-state index < -0.39 is 0 Å². The molecule has 0 unspecified atom stereocenters. The van der Waals surface area contributed by atoms with Gasteiger partial charge in [-0.15, -0.1) is 0 Å². The highest BCUT2D eigenvalue weighted by atomic mass is 16.4. The average molecular weight is 314 g/mol. The van der Waals surface area contributed by atoms with Crippen molar-refractivity contribution in [3.05, 3.63) is 41.3 Å². The van der Waals surface area contributed by atoms with E-state index in [9.17, 15) is 9.59 Å². The van der Waals surface area contributed by atoms with E-state index in [1.54, 1.807) is 6.92 Å². The van der Waals surface area contributed by atoms with E-state index >= 15 is 0 Å². The van der Waals surface area contributed by atoms with Gasteiger partial charge in [-0.05, 0) is 32.4 Å². The molecule has 0 spiro atoms. The second-order valence-electron chi connectivity index (χ2n) is 5.63. The first-order valence-corrected chi connectivity index (χ1v) is 7.81. The Bertz CT molecular complexity index is 704. The molecule has 0 aliphatic rings. The summed E-state index contributed by atoms with van der Waals surface area (Å²) >= 11 is 0. The van der Waals surface area contributed by atoms with Crippen LogP contribution >= 0.6 is 0 Å². The summed E-state index contributed by atoms with van der Waals surface area (Å²) in [6.45, 7) is 6.34. The fourth-order valence-electron chi connectivity index (χ4n) is 2.25. The fraction of sp³-hybridized carbons (Fsp3) is 0.389. The van der Waals surface area contributed by atoms with Crippen molar-refractivity contribution in [1.82, 2.24) is 10.3 Å². The number of hydrogen-bond donors (Lipinski definition) is 1. The highest BCUT2D eigenvalue weighted by Crippen LogP contribution is 2.23. The Hall–Kier alpha value is -2.43. The second kappa shape index (κ2) is 7.72. The summed E-state index contributed by atoms with van der Waals surface area (Å²) in [5, 5.41) is 2.70. The Kier molecular flexibility index (Phi) is 5.68. The van der Waals surface area contributed by atoms with E-state index in [0.717, 1.165) is 17.5 Å². The summed E-state index contributed by atoms with van der Waals surface area (Å²) in [5.74, 6) is 0.718. The number of nitrogens with zero attached hydrogens (tertiary/aromatic N) is 1. The van der Waals surface area contributed by atoms with Gasteiger partial charge in [0.15, 0.2) is 0 Å². The van der Waals surface area contributed by atoms with E-state index in [-0.39, 0.29) is 24.5 Å². The topological polar surface area (TPSA) is 72.2 Å². The molecule has 23 heavy (non-hydrogen) atoms. The van der Waals surface area contributed by atoms with Crippen molar-refractivity contribution < 1.29 is 14.0 Å².